The van der Waals surface area contributed by atoms with Crippen molar-refractivity contribution in [3.63, 3.8) is 0 Å². The van der Waals surface area contributed by atoms with Gasteiger partial charge in [-0.25, -0.2) is 0 Å². The van der Waals surface area contributed by atoms with Gasteiger partial charge in [-0.15, -0.1) is 0 Å². The summed E-state index contributed by atoms with van der Waals surface area (Å²) in [5.41, 5.74) is 0. The van der Waals surface area contributed by atoms with Crippen LogP contribution in [0.15, 0.2) is 0 Å². The van der Waals surface area contributed by atoms with Crippen molar-refractivity contribution in [1.29, 1.82) is 0 Å². The lowest BCUT2D eigenvalue weighted by Gasteiger charge is -1.76. The summed E-state index contributed by atoms with van der Waals surface area (Å²) in [4.78, 5) is 35.7. The van der Waals surface area contributed by atoms with Crippen LogP contribution in [-0.4, -0.2) is 24.5 Å². The third kappa shape index (κ3) is 592. The topological polar surface area (TPSA) is 101 Å². The first kappa shape index (κ1) is 11.4. The van der Waals surface area contributed by atoms with E-state index in [1.165, 1.54) is 0 Å². The lowest BCUT2D eigenvalue weighted by atomic mass is 15.8. The molecule has 0 amide bonds. The van der Waals surface area contributed by atoms with E-state index in [2.05, 4.69) is 0 Å². The lowest BCUT2D eigenvalue weighted by Crippen LogP contribution is -1.54. The Bertz CT molecular complexity index is 25.9. The van der Waals surface area contributed by atoms with E-state index in [0.717, 1.165) is 0 Å². The normalized spacial score (nSPS) is 9.00. The predicted molar refractivity (Wildman–Crippen MR) is 26.0 cm³/mol. The van der Waals surface area contributed by atoms with Crippen LogP contribution in [0.25, 0.3) is 0 Å². The minimum absolute atomic E-state index is 2.62. The smallest absolute Gasteiger partial charge is 0.328 e. The van der Waals surface area contributed by atoms with E-state index in [0.29, 0.717) is 0 Å². The van der Waals surface area contributed by atoms with Gasteiger partial charge in [0.05, 0.1) is 0 Å². The van der Waals surface area contributed by atoms with Crippen molar-refractivity contribution < 1.29 is 28.7 Å². The van der Waals surface area contributed by atoms with Crippen molar-refractivity contribution in [1.82, 2.24) is 0 Å². The molecule has 0 radical (unpaired) electrons. The molecule has 5 N–H and O–H groups in total. The van der Waals surface area contributed by atoms with Gasteiger partial charge in [0.15, 0.2) is 0 Å². The van der Waals surface area contributed by atoms with Gasteiger partial charge < -0.3 is 24.5 Å². The molecule has 0 aromatic rings. The molecule has 0 bridgehead atoms. The maximum Gasteiger partial charge on any atom is 0.369 e. The predicted octanol–water partition coefficient (Wildman–Crippen LogP) is -0.642. The third-order valence-corrected chi connectivity index (χ3v) is 0. The standard InChI is InChI=1S/FH2O2P.H3O3P/c2*1-4(2)3/h2-3H;1-3H. The van der Waals surface area contributed by atoms with Crippen molar-refractivity contribution in [3.8, 4) is 0 Å². The number of hydrogen-bond acceptors (Lipinski definition) is 5. The molecule has 0 atom stereocenters. The molecule has 8 heavy (non-hydrogen) atoms. The van der Waals surface area contributed by atoms with E-state index in [9.17, 15) is 4.20 Å². The quantitative estimate of drug-likeness (QED) is 0.308. The Morgan fingerprint density at radius 3 is 0.875 bits per heavy atom. The highest BCUT2D eigenvalue weighted by atomic mass is 31.2. The second-order valence-electron chi connectivity index (χ2n) is 0.509. The summed E-state index contributed by atoms with van der Waals surface area (Å²) in [5, 5.41) is 0. The monoisotopic (exact) mass is 166 g/mol. The van der Waals surface area contributed by atoms with Gasteiger partial charge in [0.2, 0.25) is 0 Å². The number of hydrogen-bond donors (Lipinski definition) is 5. The van der Waals surface area contributed by atoms with Crippen molar-refractivity contribution in [2.45, 2.75) is 0 Å². The summed E-state index contributed by atoms with van der Waals surface area (Å²) in [5.74, 6) is 0. The molecule has 0 fully saturated rings. The van der Waals surface area contributed by atoms with Crippen LogP contribution in [0.4, 0.5) is 4.20 Å². The first-order valence-corrected chi connectivity index (χ1v) is 3.51. The molecule has 8 heteroatoms. The molecule has 0 heterocycles. The molecule has 0 unspecified atom stereocenters. The lowest BCUT2D eigenvalue weighted by molar-refractivity contribution is 0.368. The zero-order valence-electron chi connectivity index (χ0n) is 3.51. The van der Waals surface area contributed by atoms with Gasteiger partial charge in [-0.2, -0.15) is 4.20 Å². The molecule has 0 aromatic carbocycles. The van der Waals surface area contributed by atoms with Gasteiger partial charge in [-0.3, -0.25) is 0 Å². The Kier molecular flexibility index (Phi) is 10.8. The minimum Gasteiger partial charge on any atom is -0.328 e. The first-order valence-electron chi connectivity index (χ1n) is 1.17. The van der Waals surface area contributed by atoms with Crippen molar-refractivity contribution in [2.24, 2.45) is 0 Å². The largest absolute Gasteiger partial charge is 0.369 e. The molecular formula is H5FO5P2. The van der Waals surface area contributed by atoms with Crippen LogP contribution in [0, 0.1) is 0 Å². The summed E-state index contributed by atoms with van der Waals surface area (Å²) < 4.78 is 10.2. The fourth-order valence-corrected chi connectivity index (χ4v) is 0. The molecule has 0 aromatic heterocycles. The van der Waals surface area contributed by atoms with Gasteiger partial charge in [0.25, 0.3) is 0 Å². The third-order valence-electron chi connectivity index (χ3n) is 0. The molecule has 5 nitrogen and oxygen atoms in total. The second-order valence-corrected chi connectivity index (χ2v) is 1.53. The fraction of sp³-hybridized carbons (Fsp3) is 0. The van der Waals surface area contributed by atoms with Gasteiger partial charge in [-0.05, 0) is 0 Å². The molecule has 0 saturated heterocycles. The van der Waals surface area contributed by atoms with E-state index in [1.807, 2.05) is 0 Å². The van der Waals surface area contributed by atoms with Gasteiger partial charge in [-0.1, -0.05) is 0 Å². The average Bonchev–Trinajstić information content (AvgIpc) is 1.25. The highest BCUT2D eigenvalue weighted by Gasteiger charge is 1.81. The van der Waals surface area contributed by atoms with Crippen molar-refractivity contribution in [2.75, 3.05) is 0 Å². The molecule has 0 aliphatic rings. The van der Waals surface area contributed by atoms with Crippen LogP contribution in [0.3, 0.4) is 0 Å². The molecule has 0 saturated carbocycles. The van der Waals surface area contributed by atoms with Gasteiger partial charge in [0, 0.05) is 0 Å². The zero-order valence-corrected chi connectivity index (χ0v) is 5.30. The Labute approximate surface area is 47.1 Å². The van der Waals surface area contributed by atoms with E-state index in [1.54, 1.807) is 0 Å². The van der Waals surface area contributed by atoms with Gasteiger partial charge in [0.1, 0.15) is 0 Å². The summed E-state index contributed by atoms with van der Waals surface area (Å²) in [6.45, 7) is 0. The summed E-state index contributed by atoms with van der Waals surface area (Å²) in [7, 11) is -5.74. The van der Waals surface area contributed by atoms with Crippen molar-refractivity contribution in [3.05, 3.63) is 0 Å². The maximum atomic E-state index is 10.2. The van der Waals surface area contributed by atoms with Crippen LogP contribution >= 0.6 is 17.3 Å². The van der Waals surface area contributed by atoms with Crippen LogP contribution in [0.1, 0.15) is 0 Å². The van der Waals surface area contributed by atoms with Gasteiger partial charge >= 0.3 is 17.3 Å². The van der Waals surface area contributed by atoms with Crippen LogP contribution in [0.5, 0.6) is 0 Å². The molecule has 0 aliphatic heterocycles. The number of rotatable bonds is 0. The molecule has 52 valence electrons. The van der Waals surface area contributed by atoms with Crippen molar-refractivity contribution >= 4 is 17.3 Å². The average molecular weight is 166 g/mol. The van der Waals surface area contributed by atoms with E-state index in [-0.39, 0.29) is 0 Å². The summed E-state index contributed by atoms with van der Waals surface area (Å²) >= 11 is 0. The number of halogens is 1. The minimum atomic E-state index is -3.12. The Morgan fingerprint density at radius 1 is 0.875 bits per heavy atom. The van der Waals surface area contributed by atoms with Crippen LogP contribution in [-0.2, 0) is 0 Å². The molecule has 0 rings (SSSR count). The molecular weight excluding hydrogens is 161 g/mol. The Balaban J connectivity index is 0. The summed E-state index contributed by atoms with van der Waals surface area (Å²) in [6.07, 6.45) is 0. The second kappa shape index (κ2) is 7.59. The van der Waals surface area contributed by atoms with E-state index < -0.39 is 17.3 Å². The Morgan fingerprint density at radius 2 is 0.875 bits per heavy atom. The maximum absolute atomic E-state index is 10.2. The zero-order chi connectivity index (χ0) is 7.15. The Hall–Kier alpha value is 0.590. The first-order chi connectivity index (χ1) is 3.46. The highest BCUT2D eigenvalue weighted by molar-refractivity contribution is 7.38. The fourth-order valence-electron chi connectivity index (χ4n) is 0. The summed E-state index contributed by atoms with van der Waals surface area (Å²) in [6, 6.07) is 0. The van der Waals surface area contributed by atoms with E-state index >= 15 is 0 Å². The van der Waals surface area contributed by atoms with Crippen LogP contribution in [0.2, 0.25) is 0 Å². The van der Waals surface area contributed by atoms with E-state index in [4.69, 9.17) is 24.5 Å². The molecule has 0 aliphatic carbocycles. The SMILES string of the molecule is OP(O)F.OP(O)O. The molecule has 0 spiro atoms. The highest BCUT2D eigenvalue weighted by Crippen LogP contribution is 2.22. The van der Waals surface area contributed by atoms with Crippen LogP contribution < -0.4 is 0 Å².